The third-order valence-corrected chi connectivity index (χ3v) is 2.57. The molecule has 4 nitrogen and oxygen atoms in total. The third-order valence-electron chi connectivity index (χ3n) is 2.57. The van der Waals surface area contributed by atoms with E-state index in [0.29, 0.717) is 12.0 Å². The van der Waals surface area contributed by atoms with Crippen LogP contribution in [0, 0.1) is 5.92 Å². The van der Waals surface area contributed by atoms with Gasteiger partial charge in [-0.1, -0.05) is 6.92 Å². The first kappa shape index (κ1) is 9.65. The maximum atomic E-state index is 5.11. The highest BCUT2D eigenvalue weighted by atomic mass is 16.5. The lowest BCUT2D eigenvalue weighted by molar-refractivity contribution is 0.158. The van der Waals surface area contributed by atoms with Gasteiger partial charge in [0.25, 0.3) is 0 Å². The van der Waals surface area contributed by atoms with Gasteiger partial charge in [0.05, 0.1) is 0 Å². The largest absolute Gasteiger partial charge is 0.384 e. The van der Waals surface area contributed by atoms with Gasteiger partial charge < -0.3 is 9.30 Å². The maximum Gasteiger partial charge on any atom is 0.133 e. The fourth-order valence-electron chi connectivity index (χ4n) is 1.73. The summed E-state index contributed by atoms with van der Waals surface area (Å²) in [6, 6.07) is 0.676. The summed E-state index contributed by atoms with van der Waals surface area (Å²) in [4.78, 5) is 0. The molecule has 2 rings (SSSR count). The maximum absolute atomic E-state index is 5.11. The zero-order valence-electron chi connectivity index (χ0n) is 8.81. The number of hydrogen-bond acceptors (Lipinski definition) is 3. The highest BCUT2D eigenvalue weighted by Crippen LogP contribution is 2.35. The van der Waals surface area contributed by atoms with Crippen LogP contribution in [0.5, 0.6) is 0 Å². The average molecular weight is 195 g/mol. The SMILES string of the molecule is COCC(C)Cc1nncn1C1CC1. The quantitative estimate of drug-likeness (QED) is 0.713. The van der Waals surface area contributed by atoms with E-state index in [4.69, 9.17) is 4.74 Å². The molecule has 0 spiro atoms. The van der Waals surface area contributed by atoms with Crippen LogP contribution in [-0.4, -0.2) is 28.5 Å². The summed E-state index contributed by atoms with van der Waals surface area (Å²) in [5.41, 5.74) is 0. The molecule has 0 aliphatic heterocycles. The Balaban J connectivity index is 1.97. The Morgan fingerprint density at radius 1 is 1.64 bits per heavy atom. The lowest BCUT2D eigenvalue weighted by Gasteiger charge is -2.10. The van der Waals surface area contributed by atoms with Crippen LogP contribution in [0.3, 0.4) is 0 Å². The van der Waals surface area contributed by atoms with Crippen LogP contribution in [0.2, 0.25) is 0 Å². The molecule has 0 bridgehead atoms. The van der Waals surface area contributed by atoms with E-state index in [-0.39, 0.29) is 0 Å². The Morgan fingerprint density at radius 2 is 2.43 bits per heavy atom. The predicted octanol–water partition coefficient (Wildman–Crippen LogP) is 1.44. The molecule has 4 heteroatoms. The van der Waals surface area contributed by atoms with Crippen LogP contribution in [-0.2, 0) is 11.2 Å². The van der Waals surface area contributed by atoms with Crippen molar-refractivity contribution in [3.8, 4) is 0 Å². The smallest absolute Gasteiger partial charge is 0.133 e. The van der Waals surface area contributed by atoms with Crippen LogP contribution < -0.4 is 0 Å². The van der Waals surface area contributed by atoms with E-state index < -0.39 is 0 Å². The first-order chi connectivity index (χ1) is 6.81. The van der Waals surface area contributed by atoms with Gasteiger partial charge in [-0.2, -0.15) is 0 Å². The van der Waals surface area contributed by atoms with Crippen molar-refractivity contribution in [3.63, 3.8) is 0 Å². The van der Waals surface area contributed by atoms with E-state index in [1.54, 1.807) is 7.11 Å². The van der Waals surface area contributed by atoms with Crippen LogP contribution in [0.4, 0.5) is 0 Å². The Morgan fingerprint density at radius 3 is 3.07 bits per heavy atom. The topological polar surface area (TPSA) is 39.9 Å². The Bertz CT molecular complexity index is 293. The predicted molar refractivity (Wildman–Crippen MR) is 53.0 cm³/mol. The van der Waals surface area contributed by atoms with Crippen molar-refractivity contribution in [2.45, 2.75) is 32.2 Å². The number of nitrogens with zero attached hydrogens (tertiary/aromatic N) is 3. The minimum atomic E-state index is 0.515. The Kier molecular flexibility index (Phi) is 2.82. The van der Waals surface area contributed by atoms with Crippen molar-refractivity contribution in [1.29, 1.82) is 0 Å². The van der Waals surface area contributed by atoms with E-state index in [9.17, 15) is 0 Å². The van der Waals surface area contributed by atoms with Crippen molar-refractivity contribution in [1.82, 2.24) is 14.8 Å². The minimum absolute atomic E-state index is 0.515. The molecule has 1 aromatic heterocycles. The van der Waals surface area contributed by atoms with Crippen molar-refractivity contribution < 1.29 is 4.74 Å². The van der Waals surface area contributed by atoms with E-state index >= 15 is 0 Å². The van der Waals surface area contributed by atoms with Gasteiger partial charge in [0.1, 0.15) is 12.2 Å². The molecule has 1 fully saturated rings. The van der Waals surface area contributed by atoms with Crippen LogP contribution >= 0.6 is 0 Å². The monoisotopic (exact) mass is 195 g/mol. The van der Waals surface area contributed by atoms with Crippen molar-refractivity contribution >= 4 is 0 Å². The molecule has 14 heavy (non-hydrogen) atoms. The van der Waals surface area contributed by atoms with Crippen LogP contribution in [0.1, 0.15) is 31.6 Å². The first-order valence-corrected chi connectivity index (χ1v) is 5.18. The molecule has 1 aliphatic rings. The summed E-state index contributed by atoms with van der Waals surface area (Å²) in [6.45, 7) is 2.97. The minimum Gasteiger partial charge on any atom is -0.384 e. The molecular weight excluding hydrogens is 178 g/mol. The molecule has 1 aliphatic carbocycles. The highest BCUT2D eigenvalue weighted by molar-refractivity contribution is 4.95. The van der Waals surface area contributed by atoms with E-state index in [1.807, 2.05) is 6.33 Å². The van der Waals surface area contributed by atoms with Gasteiger partial charge in [-0.15, -0.1) is 10.2 Å². The molecule has 0 radical (unpaired) electrons. The van der Waals surface area contributed by atoms with Gasteiger partial charge in [-0.25, -0.2) is 0 Å². The zero-order chi connectivity index (χ0) is 9.97. The van der Waals surface area contributed by atoms with Crippen LogP contribution in [0.25, 0.3) is 0 Å². The van der Waals surface area contributed by atoms with Gasteiger partial charge in [0.15, 0.2) is 0 Å². The molecule has 1 aromatic rings. The molecule has 1 unspecified atom stereocenters. The summed E-state index contributed by atoms with van der Waals surface area (Å²) in [5.74, 6) is 1.62. The van der Waals surface area contributed by atoms with Crippen molar-refractivity contribution in [3.05, 3.63) is 12.2 Å². The number of rotatable bonds is 5. The lowest BCUT2D eigenvalue weighted by Crippen LogP contribution is -2.11. The molecule has 0 saturated heterocycles. The second-order valence-electron chi connectivity index (χ2n) is 4.15. The van der Waals surface area contributed by atoms with Gasteiger partial charge in [-0.3, -0.25) is 0 Å². The standard InChI is InChI=1S/C10H17N3O/c1-8(6-14-2)5-10-12-11-7-13(10)9-3-4-9/h7-9H,3-6H2,1-2H3. The molecule has 1 atom stereocenters. The number of aromatic nitrogens is 3. The van der Waals surface area contributed by atoms with E-state index in [2.05, 4.69) is 21.7 Å². The third kappa shape index (κ3) is 2.12. The van der Waals surface area contributed by atoms with E-state index in [1.165, 1.54) is 12.8 Å². The Hall–Kier alpha value is -0.900. The van der Waals surface area contributed by atoms with Gasteiger partial charge in [0.2, 0.25) is 0 Å². The molecule has 1 heterocycles. The highest BCUT2D eigenvalue weighted by Gasteiger charge is 2.26. The van der Waals surface area contributed by atoms with E-state index in [0.717, 1.165) is 18.9 Å². The number of hydrogen-bond donors (Lipinski definition) is 0. The summed E-state index contributed by atoms with van der Waals surface area (Å²) >= 11 is 0. The molecule has 0 N–H and O–H groups in total. The molecule has 0 aromatic carbocycles. The van der Waals surface area contributed by atoms with Crippen LogP contribution in [0.15, 0.2) is 6.33 Å². The fourth-order valence-corrected chi connectivity index (χ4v) is 1.73. The zero-order valence-corrected chi connectivity index (χ0v) is 8.81. The first-order valence-electron chi connectivity index (χ1n) is 5.18. The summed E-state index contributed by atoms with van der Waals surface area (Å²) in [7, 11) is 1.74. The van der Waals surface area contributed by atoms with Crippen molar-refractivity contribution in [2.75, 3.05) is 13.7 Å². The van der Waals surface area contributed by atoms with Gasteiger partial charge >= 0.3 is 0 Å². The average Bonchev–Trinajstić information content (AvgIpc) is 2.89. The molecule has 1 saturated carbocycles. The second kappa shape index (κ2) is 4.09. The fraction of sp³-hybridized carbons (Fsp3) is 0.800. The number of methoxy groups -OCH3 is 1. The molecule has 0 amide bonds. The lowest BCUT2D eigenvalue weighted by atomic mass is 10.1. The van der Waals surface area contributed by atoms with Gasteiger partial charge in [-0.05, 0) is 18.8 Å². The summed E-state index contributed by atoms with van der Waals surface area (Å²) in [5, 5.41) is 8.13. The molecular formula is C10H17N3O. The Labute approximate surface area is 84.3 Å². The normalized spacial score (nSPS) is 18.4. The second-order valence-corrected chi connectivity index (χ2v) is 4.15. The molecule has 78 valence electrons. The summed E-state index contributed by atoms with van der Waals surface area (Å²) in [6.07, 6.45) is 5.38. The van der Waals surface area contributed by atoms with Crippen molar-refractivity contribution in [2.24, 2.45) is 5.92 Å². The van der Waals surface area contributed by atoms with Gasteiger partial charge in [0, 0.05) is 26.2 Å². The number of ether oxygens (including phenoxy) is 1. The summed E-state index contributed by atoms with van der Waals surface area (Å²) < 4.78 is 7.33.